The van der Waals surface area contributed by atoms with E-state index in [0.717, 1.165) is 75.7 Å². The van der Waals surface area contributed by atoms with Crippen molar-refractivity contribution in [3.8, 4) is 11.5 Å². The Bertz CT molecular complexity index is 1380. The molecule has 0 heterocycles. The van der Waals surface area contributed by atoms with E-state index in [9.17, 15) is 0 Å². The second kappa shape index (κ2) is 18.8. The van der Waals surface area contributed by atoms with Crippen LogP contribution in [0.3, 0.4) is 0 Å². The van der Waals surface area contributed by atoms with Crippen LogP contribution in [0, 0.1) is 13.8 Å². The molecule has 0 amide bonds. The van der Waals surface area contributed by atoms with E-state index in [1.165, 1.54) is 57.3 Å². The number of unbranched alkanes of at least 4 members (excludes halogenated alkanes) is 4. The van der Waals surface area contributed by atoms with Gasteiger partial charge in [-0.05, 0) is 135 Å². The fraction of sp³-hybridized carbons (Fsp3) is 0.364. The van der Waals surface area contributed by atoms with Crippen molar-refractivity contribution >= 4 is 12.2 Å². The second-order valence-electron chi connectivity index (χ2n) is 12.4. The normalized spacial score (nSPS) is 11.6. The van der Waals surface area contributed by atoms with Crippen LogP contribution in [0.1, 0.15) is 110 Å². The molecular weight excluding hydrogens is 544 g/mol. The van der Waals surface area contributed by atoms with Crippen molar-refractivity contribution in [2.45, 2.75) is 105 Å². The average molecular weight is 599 g/mol. The van der Waals surface area contributed by atoms with Crippen molar-refractivity contribution in [1.82, 2.24) is 0 Å². The number of benzene rings is 4. The summed E-state index contributed by atoms with van der Waals surface area (Å²) in [5.41, 5.74) is 11.1. The molecule has 4 rings (SSSR count). The average Bonchev–Trinajstić information content (AvgIpc) is 3.06. The van der Waals surface area contributed by atoms with Gasteiger partial charge in [-0.1, -0.05) is 124 Å². The van der Waals surface area contributed by atoms with Crippen molar-refractivity contribution < 1.29 is 4.74 Å². The molecule has 0 aliphatic heterocycles. The Balaban J connectivity index is 1.46. The van der Waals surface area contributed by atoms with Gasteiger partial charge in [-0.15, -0.1) is 0 Å². The van der Waals surface area contributed by atoms with Crippen LogP contribution in [0.15, 0.2) is 97.1 Å². The zero-order valence-corrected chi connectivity index (χ0v) is 28.3. The first kappa shape index (κ1) is 34.0. The molecule has 0 fully saturated rings. The van der Waals surface area contributed by atoms with E-state index < -0.39 is 0 Å². The first-order valence-electron chi connectivity index (χ1n) is 17.4. The highest BCUT2D eigenvalue weighted by Crippen LogP contribution is 2.36. The summed E-state index contributed by atoms with van der Waals surface area (Å²) in [4.78, 5) is 0. The number of allylic oxidation sites excluding steroid dienone is 2. The van der Waals surface area contributed by atoms with E-state index in [1.54, 1.807) is 0 Å². The Hall–Kier alpha value is -3.84. The number of rotatable bonds is 18. The van der Waals surface area contributed by atoms with Crippen LogP contribution in [-0.2, 0) is 25.7 Å². The second-order valence-corrected chi connectivity index (χ2v) is 12.4. The lowest BCUT2D eigenvalue weighted by atomic mass is 9.93. The molecule has 0 aliphatic carbocycles. The predicted octanol–water partition coefficient (Wildman–Crippen LogP) is 12.9. The highest BCUT2D eigenvalue weighted by molar-refractivity contribution is 5.51. The monoisotopic (exact) mass is 598 g/mol. The molecular formula is C44H54O. The van der Waals surface area contributed by atoms with Crippen LogP contribution in [-0.4, -0.2) is 0 Å². The van der Waals surface area contributed by atoms with Gasteiger partial charge in [0.05, 0.1) is 0 Å². The number of aryl methyl sites for hydroxylation is 2. The third-order valence-electron chi connectivity index (χ3n) is 8.91. The van der Waals surface area contributed by atoms with Gasteiger partial charge < -0.3 is 4.74 Å². The Morgan fingerprint density at radius 1 is 0.489 bits per heavy atom. The summed E-state index contributed by atoms with van der Waals surface area (Å²) in [6.07, 6.45) is 22.6. The van der Waals surface area contributed by atoms with Crippen LogP contribution in [0.25, 0.3) is 12.2 Å². The Kier molecular flexibility index (Phi) is 14.3. The minimum Gasteiger partial charge on any atom is -0.457 e. The fourth-order valence-corrected chi connectivity index (χ4v) is 6.27. The third kappa shape index (κ3) is 10.6. The van der Waals surface area contributed by atoms with Gasteiger partial charge >= 0.3 is 0 Å². The van der Waals surface area contributed by atoms with Gasteiger partial charge in [0.15, 0.2) is 0 Å². The highest BCUT2D eigenvalue weighted by Gasteiger charge is 2.16. The Morgan fingerprint density at radius 3 is 1.31 bits per heavy atom. The smallest absolute Gasteiger partial charge is 0.130 e. The first-order chi connectivity index (χ1) is 22.1. The summed E-state index contributed by atoms with van der Waals surface area (Å²) in [5.74, 6) is 2.09. The summed E-state index contributed by atoms with van der Waals surface area (Å²) in [6, 6.07) is 30.3. The standard InChI is InChI=1S/C44H54O/c1-5-21-39-31-33-43(41(35(39)3)29-19-9-7-13-23-37-25-15-11-16-26-37)45-44-34-32-40(22-6-2)36(4)42(44)30-20-10-8-14-24-38-27-17-12-18-28-38/h11-18,23-28,31-34H,5-10,19-22,29-30H2,1-4H3. The highest BCUT2D eigenvalue weighted by atomic mass is 16.5. The first-order valence-corrected chi connectivity index (χ1v) is 17.4. The minimum absolute atomic E-state index is 1.04. The summed E-state index contributed by atoms with van der Waals surface area (Å²) in [6.45, 7) is 9.16. The molecule has 0 aliphatic rings. The SMILES string of the molecule is CCCc1ccc(Oc2ccc(CCC)c(C)c2CCCCC=Cc2ccccc2)c(CCCCC=Cc2ccccc2)c1C. The summed E-state index contributed by atoms with van der Waals surface area (Å²) < 4.78 is 6.91. The topological polar surface area (TPSA) is 9.23 Å². The van der Waals surface area contributed by atoms with Crippen LogP contribution in [0.5, 0.6) is 11.5 Å². The van der Waals surface area contributed by atoms with E-state index in [-0.39, 0.29) is 0 Å². The quantitative estimate of drug-likeness (QED) is 0.104. The lowest BCUT2D eigenvalue weighted by molar-refractivity contribution is 0.465. The van der Waals surface area contributed by atoms with Gasteiger partial charge in [-0.3, -0.25) is 0 Å². The van der Waals surface area contributed by atoms with Crippen molar-refractivity contribution in [3.05, 3.63) is 142 Å². The number of ether oxygens (including phenoxy) is 1. The molecule has 1 heteroatoms. The van der Waals surface area contributed by atoms with Crippen LogP contribution >= 0.6 is 0 Å². The lowest BCUT2D eigenvalue weighted by Gasteiger charge is -2.21. The zero-order valence-electron chi connectivity index (χ0n) is 28.3. The molecule has 4 aromatic carbocycles. The van der Waals surface area contributed by atoms with Crippen LogP contribution in [0.4, 0.5) is 0 Å². The molecule has 0 N–H and O–H groups in total. The van der Waals surface area contributed by atoms with E-state index >= 15 is 0 Å². The molecule has 1 nitrogen and oxygen atoms in total. The van der Waals surface area contributed by atoms with Crippen molar-refractivity contribution in [3.63, 3.8) is 0 Å². The van der Waals surface area contributed by atoms with Crippen LogP contribution in [0.2, 0.25) is 0 Å². The van der Waals surface area contributed by atoms with Crippen molar-refractivity contribution in [1.29, 1.82) is 0 Å². The Morgan fingerprint density at radius 2 is 0.911 bits per heavy atom. The third-order valence-corrected chi connectivity index (χ3v) is 8.91. The maximum atomic E-state index is 6.91. The number of hydrogen-bond donors (Lipinski definition) is 0. The van der Waals surface area contributed by atoms with Crippen LogP contribution < -0.4 is 4.74 Å². The van der Waals surface area contributed by atoms with Gasteiger partial charge in [0.25, 0.3) is 0 Å². The molecule has 0 aromatic heterocycles. The lowest BCUT2D eigenvalue weighted by Crippen LogP contribution is -2.03. The molecule has 0 atom stereocenters. The van der Waals surface area contributed by atoms with Crippen molar-refractivity contribution in [2.24, 2.45) is 0 Å². The molecule has 236 valence electrons. The molecule has 4 aromatic rings. The molecule has 0 saturated carbocycles. The molecule has 0 unspecified atom stereocenters. The summed E-state index contributed by atoms with van der Waals surface area (Å²) in [7, 11) is 0. The van der Waals surface area contributed by atoms with E-state index in [0.29, 0.717) is 0 Å². The van der Waals surface area contributed by atoms with Crippen molar-refractivity contribution in [2.75, 3.05) is 0 Å². The fourth-order valence-electron chi connectivity index (χ4n) is 6.27. The minimum atomic E-state index is 1.04. The Labute approximate surface area is 274 Å². The van der Waals surface area contributed by atoms with Gasteiger partial charge in [-0.25, -0.2) is 0 Å². The molecule has 0 saturated heterocycles. The predicted molar refractivity (Wildman–Crippen MR) is 196 cm³/mol. The van der Waals surface area contributed by atoms with E-state index in [4.69, 9.17) is 4.74 Å². The largest absolute Gasteiger partial charge is 0.457 e. The van der Waals surface area contributed by atoms with Gasteiger partial charge in [0, 0.05) is 0 Å². The van der Waals surface area contributed by atoms with E-state index in [2.05, 4.69) is 137 Å². The maximum Gasteiger partial charge on any atom is 0.130 e. The molecule has 0 spiro atoms. The van der Waals surface area contributed by atoms with Gasteiger partial charge in [-0.2, -0.15) is 0 Å². The zero-order chi connectivity index (χ0) is 31.7. The molecule has 0 radical (unpaired) electrons. The summed E-state index contributed by atoms with van der Waals surface area (Å²) >= 11 is 0. The molecule has 0 bridgehead atoms. The van der Waals surface area contributed by atoms with E-state index in [1.807, 2.05) is 0 Å². The van der Waals surface area contributed by atoms with Gasteiger partial charge in [0.2, 0.25) is 0 Å². The molecule has 45 heavy (non-hydrogen) atoms. The van der Waals surface area contributed by atoms with Gasteiger partial charge in [0.1, 0.15) is 11.5 Å². The maximum absolute atomic E-state index is 6.91. The number of hydrogen-bond acceptors (Lipinski definition) is 1. The summed E-state index contributed by atoms with van der Waals surface area (Å²) in [5, 5.41) is 0.